The maximum Gasteiger partial charge on any atom is 0.257 e. The number of aliphatic imine (C=N–C) groups is 1. The molecule has 2 atom stereocenters. The molecule has 0 amide bonds. The van der Waals surface area contributed by atoms with Gasteiger partial charge in [-0.25, -0.2) is 18.2 Å². The standard InChI is InChI=1S/C22H21ClF3N9O2/c1-31-4-5-33(29-31)13-34(36)6-3-22(27-21-8-14-11-32(2)28-20(14)9-16(21)23)35(37,30-34)12-15-7-18(25)19(26)10-17(15)24/h3-11,29-30H,12-13H2,1-2H3/b27-22+. The third kappa shape index (κ3) is 5.03. The molecule has 37 heavy (non-hydrogen) atoms. The topological polar surface area (TPSA) is 107 Å². The summed E-state index contributed by atoms with van der Waals surface area (Å²) in [5.41, 5.74) is 5.56. The first-order chi connectivity index (χ1) is 17.4. The molecule has 2 aliphatic heterocycles. The smallest absolute Gasteiger partial charge is 0.257 e. The minimum absolute atomic E-state index is 0.181. The van der Waals surface area contributed by atoms with Crippen molar-refractivity contribution in [1.82, 2.24) is 30.9 Å². The number of hydrogen-bond donors (Lipinski definition) is 2. The molecule has 0 spiro atoms. The number of aryl methyl sites for hydroxylation is 1. The summed E-state index contributed by atoms with van der Waals surface area (Å²) in [5, 5.41) is 35.8. The molecular weight excluding hydrogens is 515 g/mol. The highest BCUT2D eigenvalue weighted by Gasteiger charge is 2.39. The maximum absolute atomic E-state index is 14.5. The van der Waals surface area contributed by atoms with E-state index < -0.39 is 39.1 Å². The van der Waals surface area contributed by atoms with E-state index in [9.17, 15) is 23.6 Å². The fraction of sp³-hybridized carbons (Fsp3) is 0.182. The number of rotatable bonds is 5. The molecule has 3 aromatic rings. The molecule has 2 aromatic carbocycles. The van der Waals surface area contributed by atoms with Crippen LogP contribution < -0.4 is 11.1 Å². The number of amidine groups is 1. The molecule has 194 valence electrons. The number of nitrogens with zero attached hydrogens (tertiary/aromatic N) is 7. The summed E-state index contributed by atoms with van der Waals surface area (Å²) in [7, 11) is 3.44. The summed E-state index contributed by atoms with van der Waals surface area (Å²) < 4.78 is 40.5. The number of fused-ring (bicyclic) bond motifs is 1. The van der Waals surface area contributed by atoms with Crippen LogP contribution in [0.1, 0.15) is 5.56 Å². The van der Waals surface area contributed by atoms with E-state index in [1.54, 1.807) is 54.5 Å². The van der Waals surface area contributed by atoms with E-state index in [1.807, 2.05) is 0 Å². The lowest BCUT2D eigenvalue weighted by molar-refractivity contribution is -1.08. The number of nitrogens with one attached hydrogen (secondary N) is 2. The largest absolute Gasteiger partial charge is 0.602 e. The number of hydrogen-bond acceptors (Lipinski definition) is 8. The van der Waals surface area contributed by atoms with Crippen LogP contribution in [-0.2, 0) is 13.6 Å². The zero-order chi connectivity index (χ0) is 26.5. The lowest BCUT2D eigenvalue weighted by Gasteiger charge is -2.50. The van der Waals surface area contributed by atoms with Crippen LogP contribution in [0.2, 0.25) is 5.02 Å². The zero-order valence-corrected chi connectivity index (χ0v) is 20.3. The second kappa shape index (κ2) is 9.11. The van der Waals surface area contributed by atoms with Gasteiger partial charge in [-0.05, 0) is 18.2 Å². The Hall–Kier alpha value is -3.50. The summed E-state index contributed by atoms with van der Waals surface area (Å²) >= 11 is 6.38. The molecule has 15 heteroatoms. The molecular formula is C22H21ClF3N9O2. The summed E-state index contributed by atoms with van der Waals surface area (Å²) in [4.78, 5) is 4.37. The zero-order valence-electron chi connectivity index (χ0n) is 19.6. The van der Waals surface area contributed by atoms with Crippen LogP contribution in [0.4, 0.5) is 18.9 Å². The summed E-state index contributed by atoms with van der Waals surface area (Å²) in [5.74, 6) is -4.15. The van der Waals surface area contributed by atoms with Gasteiger partial charge in [0.25, 0.3) is 5.84 Å². The molecule has 0 fully saturated rings. The molecule has 0 radical (unpaired) electrons. The van der Waals surface area contributed by atoms with E-state index in [0.29, 0.717) is 23.0 Å². The third-order valence-corrected chi connectivity index (χ3v) is 5.99. The number of quaternary nitrogens is 2. The van der Waals surface area contributed by atoms with Crippen molar-refractivity contribution in [2.24, 2.45) is 12.0 Å². The van der Waals surface area contributed by atoms with Crippen LogP contribution >= 0.6 is 11.6 Å². The van der Waals surface area contributed by atoms with E-state index >= 15 is 0 Å². The fourth-order valence-electron chi connectivity index (χ4n) is 4.02. The predicted octanol–water partition coefficient (Wildman–Crippen LogP) is 3.55. The van der Waals surface area contributed by atoms with Crippen molar-refractivity contribution < 1.29 is 22.7 Å². The highest BCUT2D eigenvalue weighted by Crippen LogP contribution is 2.32. The van der Waals surface area contributed by atoms with Crippen molar-refractivity contribution in [1.29, 1.82) is 0 Å². The average Bonchev–Trinajstić information content (AvgIpc) is 3.37. The normalized spacial score (nSPS) is 24.7. The molecule has 0 saturated carbocycles. The Bertz CT molecular complexity index is 1480. The van der Waals surface area contributed by atoms with Gasteiger partial charge in [0.2, 0.25) is 0 Å². The van der Waals surface area contributed by atoms with Crippen molar-refractivity contribution in [2.45, 2.75) is 6.54 Å². The van der Waals surface area contributed by atoms with Gasteiger partial charge < -0.3 is 10.4 Å². The fourth-order valence-corrected chi connectivity index (χ4v) is 4.23. The monoisotopic (exact) mass is 535 g/mol. The van der Waals surface area contributed by atoms with E-state index in [0.717, 1.165) is 6.20 Å². The van der Waals surface area contributed by atoms with Crippen LogP contribution in [0, 0.1) is 27.9 Å². The second-order valence-corrected chi connectivity index (χ2v) is 9.13. The van der Waals surface area contributed by atoms with Gasteiger partial charge in [-0.1, -0.05) is 11.6 Å². The van der Waals surface area contributed by atoms with Crippen LogP contribution in [0.15, 0.2) is 60.1 Å². The van der Waals surface area contributed by atoms with E-state index in [-0.39, 0.29) is 23.2 Å². The molecule has 5 rings (SSSR count). The van der Waals surface area contributed by atoms with E-state index in [4.69, 9.17) is 11.6 Å². The first kappa shape index (κ1) is 25.2. The van der Waals surface area contributed by atoms with Gasteiger partial charge in [-0.15, -0.1) is 5.53 Å². The average molecular weight is 536 g/mol. The van der Waals surface area contributed by atoms with Crippen molar-refractivity contribution in [3.05, 3.63) is 93.6 Å². The second-order valence-electron chi connectivity index (χ2n) is 8.72. The van der Waals surface area contributed by atoms with Gasteiger partial charge in [-0.2, -0.15) is 19.6 Å². The van der Waals surface area contributed by atoms with Gasteiger partial charge in [0, 0.05) is 55.2 Å². The minimum Gasteiger partial charge on any atom is -0.602 e. The van der Waals surface area contributed by atoms with E-state index in [1.165, 1.54) is 11.1 Å². The Labute approximate surface area is 213 Å². The summed E-state index contributed by atoms with van der Waals surface area (Å²) in [6.07, 6.45) is 7.31. The summed E-state index contributed by atoms with van der Waals surface area (Å²) in [6, 6.07) is 4.10. The Balaban J connectivity index is 1.57. The van der Waals surface area contributed by atoms with Crippen molar-refractivity contribution >= 4 is 34.0 Å². The Kier molecular flexibility index (Phi) is 6.19. The highest BCUT2D eigenvalue weighted by molar-refractivity contribution is 6.34. The molecule has 3 heterocycles. The van der Waals surface area contributed by atoms with Crippen LogP contribution in [0.25, 0.3) is 10.9 Å². The molecule has 2 unspecified atom stereocenters. The number of halogens is 4. The van der Waals surface area contributed by atoms with Crippen LogP contribution in [0.3, 0.4) is 0 Å². The Morgan fingerprint density at radius 2 is 1.81 bits per heavy atom. The first-order valence-electron chi connectivity index (χ1n) is 10.9. The Morgan fingerprint density at radius 1 is 1.05 bits per heavy atom. The molecule has 0 bridgehead atoms. The van der Waals surface area contributed by atoms with Gasteiger partial charge in [0.05, 0.1) is 22.3 Å². The summed E-state index contributed by atoms with van der Waals surface area (Å²) in [6.45, 7) is -1.13. The molecule has 2 aliphatic rings. The molecule has 0 aliphatic carbocycles. The van der Waals surface area contributed by atoms with Crippen molar-refractivity contribution in [3.63, 3.8) is 0 Å². The van der Waals surface area contributed by atoms with Gasteiger partial charge in [0.15, 0.2) is 18.3 Å². The molecule has 1 aromatic heterocycles. The molecule has 2 N–H and O–H groups in total. The third-order valence-electron chi connectivity index (χ3n) is 5.69. The quantitative estimate of drug-likeness (QED) is 0.292. The maximum atomic E-state index is 14.5. The SMILES string of the molecule is CN1C=CN(C[N+]2([O-])C=C/C(=N\c3cc4cn(C)nc4cc3Cl)[N+]([O-])(Cc3cc(F)c(F)cc3F)N2)N1. The number of benzene rings is 2. The highest BCUT2D eigenvalue weighted by atomic mass is 35.5. The van der Waals surface area contributed by atoms with Crippen molar-refractivity contribution in [3.8, 4) is 0 Å². The number of aromatic nitrogens is 2. The lowest BCUT2D eigenvalue weighted by Crippen LogP contribution is -2.71. The van der Waals surface area contributed by atoms with Crippen LogP contribution in [0.5, 0.6) is 0 Å². The van der Waals surface area contributed by atoms with Crippen LogP contribution in [-0.4, -0.2) is 48.9 Å². The van der Waals surface area contributed by atoms with Gasteiger partial charge >= 0.3 is 0 Å². The van der Waals surface area contributed by atoms with Crippen molar-refractivity contribution in [2.75, 3.05) is 13.7 Å². The Morgan fingerprint density at radius 3 is 2.54 bits per heavy atom. The number of hydroxylamine groups is 4. The molecule has 11 nitrogen and oxygen atoms in total. The van der Waals surface area contributed by atoms with Gasteiger partial charge in [0.1, 0.15) is 18.6 Å². The molecule has 0 saturated heterocycles. The van der Waals surface area contributed by atoms with E-state index in [2.05, 4.69) is 21.2 Å². The predicted molar refractivity (Wildman–Crippen MR) is 129 cm³/mol. The first-order valence-corrected chi connectivity index (χ1v) is 11.3. The number of hydrazine groups is 2. The lowest BCUT2D eigenvalue weighted by atomic mass is 10.2. The minimum atomic E-state index is -1.70. The van der Waals surface area contributed by atoms with Gasteiger partial charge in [-0.3, -0.25) is 9.69 Å².